The van der Waals surface area contributed by atoms with E-state index in [1.807, 2.05) is 0 Å². The van der Waals surface area contributed by atoms with E-state index in [0.29, 0.717) is 11.8 Å². The monoisotopic (exact) mass is 237 g/mol. The quantitative estimate of drug-likeness (QED) is 0.824. The molecule has 0 bridgehead atoms. The minimum absolute atomic E-state index is 0.149. The number of aromatic nitrogens is 3. The summed E-state index contributed by atoms with van der Waals surface area (Å²) in [5.74, 6) is -0.0768. The molecular formula is C12H19N3O2. The van der Waals surface area contributed by atoms with Crippen LogP contribution in [-0.2, 0) is 6.54 Å². The van der Waals surface area contributed by atoms with Crippen molar-refractivity contribution in [2.45, 2.75) is 52.0 Å². The number of hydrogen-bond acceptors (Lipinski definition) is 3. The van der Waals surface area contributed by atoms with Gasteiger partial charge in [-0.2, -0.15) is 0 Å². The van der Waals surface area contributed by atoms with Crippen LogP contribution in [0.15, 0.2) is 0 Å². The van der Waals surface area contributed by atoms with Crippen LogP contribution < -0.4 is 0 Å². The Balaban J connectivity index is 2.19. The summed E-state index contributed by atoms with van der Waals surface area (Å²) in [5, 5.41) is 16.9. The van der Waals surface area contributed by atoms with Crippen LogP contribution in [0.5, 0.6) is 0 Å². The van der Waals surface area contributed by atoms with E-state index < -0.39 is 5.97 Å². The topological polar surface area (TPSA) is 68.0 Å². The second kappa shape index (κ2) is 4.85. The maximum Gasteiger partial charge on any atom is 0.358 e. The normalized spacial score (nSPS) is 17.1. The second-order valence-corrected chi connectivity index (χ2v) is 4.98. The Bertz CT molecular complexity index is 410. The zero-order chi connectivity index (χ0) is 12.4. The molecule has 0 aliphatic heterocycles. The van der Waals surface area contributed by atoms with Crippen molar-refractivity contribution in [3.63, 3.8) is 0 Å². The number of nitrogens with zero attached hydrogens (tertiary/aromatic N) is 3. The SMILES string of the molecule is CCCC(C)Cn1nnc(C(=O)O)c1C1CC1. The lowest BCUT2D eigenvalue weighted by atomic mass is 10.1. The molecule has 0 saturated heterocycles. The Hall–Kier alpha value is -1.39. The van der Waals surface area contributed by atoms with Crippen molar-refractivity contribution in [3.8, 4) is 0 Å². The highest BCUT2D eigenvalue weighted by Gasteiger charge is 2.33. The predicted molar refractivity (Wildman–Crippen MR) is 63.0 cm³/mol. The van der Waals surface area contributed by atoms with E-state index in [-0.39, 0.29) is 5.69 Å². The van der Waals surface area contributed by atoms with Gasteiger partial charge in [0.1, 0.15) is 0 Å². The molecule has 1 atom stereocenters. The molecule has 5 nitrogen and oxygen atoms in total. The first-order chi connectivity index (χ1) is 8.13. The summed E-state index contributed by atoms with van der Waals surface area (Å²) < 4.78 is 1.81. The average Bonchev–Trinajstić information content (AvgIpc) is 3.00. The Labute approximate surface area is 101 Å². The molecule has 0 radical (unpaired) electrons. The Morgan fingerprint density at radius 2 is 2.29 bits per heavy atom. The molecule has 1 aromatic heterocycles. The van der Waals surface area contributed by atoms with Gasteiger partial charge >= 0.3 is 5.97 Å². The van der Waals surface area contributed by atoms with E-state index in [1.165, 1.54) is 0 Å². The fourth-order valence-corrected chi connectivity index (χ4v) is 2.25. The van der Waals surface area contributed by atoms with Gasteiger partial charge in [0, 0.05) is 12.5 Å². The number of hydrogen-bond donors (Lipinski definition) is 1. The largest absolute Gasteiger partial charge is 0.476 e. The van der Waals surface area contributed by atoms with E-state index in [4.69, 9.17) is 5.11 Å². The molecule has 17 heavy (non-hydrogen) atoms. The minimum Gasteiger partial charge on any atom is -0.476 e. The maximum atomic E-state index is 11.1. The van der Waals surface area contributed by atoms with E-state index >= 15 is 0 Å². The van der Waals surface area contributed by atoms with Crippen LogP contribution in [0, 0.1) is 5.92 Å². The van der Waals surface area contributed by atoms with Crippen molar-refractivity contribution >= 4 is 5.97 Å². The summed E-state index contributed by atoms with van der Waals surface area (Å²) in [6.07, 6.45) is 4.40. The average molecular weight is 237 g/mol. The van der Waals surface area contributed by atoms with Gasteiger partial charge in [0.05, 0.1) is 5.69 Å². The standard InChI is InChI=1S/C12H19N3O2/c1-3-4-8(2)7-15-11(9-5-6-9)10(12(16)17)13-14-15/h8-9H,3-7H2,1-2H3,(H,16,17). The van der Waals surface area contributed by atoms with Crippen LogP contribution in [0.3, 0.4) is 0 Å². The summed E-state index contributed by atoms with van der Waals surface area (Å²) >= 11 is 0. The number of rotatable bonds is 6. The molecule has 1 saturated carbocycles. The van der Waals surface area contributed by atoms with Crippen LogP contribution in [0.1, 0.15) is 61.6 Å². The summed E-state index contributed by atoms with van der Waals surface area (Å²) in [5.41, 5.74) is 0.983. The summed E-state index contributed by atoms with van der Waals surface area (Å²) in [4.78, 5) is 11.1. The van der Waals surface area contributed by atoms with E-state index in [0.717, 1.165) is 37.9 Å². The molecule has 2 rings (SSSR count). The summed E-state index contributed by atoms with van der Waals surface area (Å²) in [6, 6.07) is 0. The number of carboxylic acids is 1. The van der Waals surface area contributed by atoms with Crippen molar-refractivity contribution in [1.82, 2.24) is 15.0 Å². The number of aromatic carboxylic acids is 1. The van der Waals surface area contributed by atoms with Crippen molar-refractivity contribution in [3.05, 3.63) is 11.4 Å². The maximum absolute atomic E-state index is 11.1. The molecule has 1 fully saturated rings. The fourth-order valence-electron chi connectivity index (χ4n) is 2.25. The first kappa shape index (κ1) is 12.1. The van der Waals surface area contributed by atoms with Gasteiger partial charge in [-0.05, 0) is 25.2 Å². The van der Waals surface area contributed by atoms with Gasteiger partial charge in [-0.1, -0.05) is 25.5 Å². The van der Waals surface area contributed by atoms with Gasteiger partial charge in [-0.25, -0.2) is 9.48 Å². The molecule has 1 aliphatic rings. The van der Waals surface area contributed by atoms with Crippen molar-refractivity contribution < 1.29 is 9.90 Å². The van der Waals surface area contributed by atoms with Gasteiger partial charge in [-0.3, -0.25) is 0 Å². The molecule has 0 spiro atoms. The molecule has 1 N–H and O–H groups in total. The zero-order valence-electron chi connectivity index (χ0n) is 10.4. The van der Waals surface area contributed by atoms with E-state index in [2.05, 4.69) is 24.2 Å². The molecule has 0 amide bonds. The number of carboxylic acid groups (broad SMARTS) is 1. The van der Waals surface area contributed by atoms with Crippen LogP contribution in [0.25, 0.3) is 0 Å². The highest BCUT2D eigenvalue weighted by molar-refractivity contribution is 5.86. The first-order valence-electron chi connectivity index (χ1n) is 6.30. The van der Waals surface area contributed by atoms with Crippen LogP contribution in [-0.4, -0.2) is 26.1 Å². The highest BCUT2D eigenvalue weighted by Crippen LogP contribution is 2.41. The molecule has 1 aliphatic carbocycles. The van der Waals surface area contributed by atoms with Gasteiger partial charge < -0.3 is 5.11 Å². The molecule has 94 valence electrons. The van der Waals surface area contributed by atoms with Gasteiger partial charge in [0.2, 0.25) is 0 Å². The lowest BCUT2D eigenvalue weighted by molar-refractivity contribution is 0.0689. The number of carbonyl (C=O) groups is 1. The van der Waals surface area contributed by atoms with Gasteiger partial charge in [-0.15, -0.1) is 5.10 Å². The Morgan fingerprint density at radius 3 is 2.82 bits per heavy atom. The van der Waals surface area contributed by atoms with Crippen molar-refractivity contribution in [2.24, 2.45) is 5.92 Å². The Kier molecular flexibility index (Phi) is 3.45. The van der Waals surface area contributed by atoms with E-state index in [1.54, 1.807) is 4.68 Å². The van der Waals surface area contributed by atoms with E-state index in [9.17, 15) is 4.79 Å². The first-order valence-corrected chi connectivity index (χ1v) is 6.30. The third kappa shape index (κ3) is 2.65. The zero-order valence-corrected chi connectivity index (χ0v) is 10.4. The van der Waals surface area contributed by atoms with Crippen LogP contribution in [0.2, 0.25) is 0 Å². The van der Waals surface area contributed by atoms with Gasteiger partial charge in [0.15, 0.2) is 5.69 Å². The molecule has 0 aromatic carbocycles. The summed E-state index contributed by atoms with van der Waals surface area (Å²) in [6.45, 7) is 5.10. The van der Waals surface area contributed by atoms with Crippen LogP contribution >= 0.6 is 0 Å². The lowest BCUT2D eigenvalue weighted by Crippen LogP contribution is -2.13. The van der Waals surface area contributed by atoms with Crippen molar-refractivity contribution in [1.29, 1.82) is 0 Å². The smallest absolute Gasteiger partial charge is 0.358 e. The van der Waals surface area contributed by atoms with Crippen LogP contribution in [0.4, 0.5) is 0 Å². The highest BCUT2D eigenvalue weighted by atomic mass is 16.4. The minimum atomic E-state index is -0.957. The predicted octanol–water partition coefficient (Wildman–Crippen LogP) is 2.29. The molecule has 1 unspecified atom stereocenters. The molecule has 1 aromatic rings. The molecule has 5 heteroatoms. The molecule has 1 heterocycles. The summed E-state index contributed by atoms with van der Waals surface area (Å²) in [7, 11) is 0. The Morgan fingerprint density at radius 1 is 1.59 bits per heavy atom. The lowest BCUT2D eigenvalue weighted by Gasteiger charge is -2.11. The second-order valence-electron chi connectivity index (χ2n) is 4.98. The molecular weight excluding hydrogens is 218 g/mol. The van der Waals surface area contributed by atoms with Gasteiger partial charge in [0.25, 0.3) is 0 Å². The third-order valence-corrected chi connectivity index (χ3v) is 3.21. The fraction of sp³-hybridized carbons (Fsp3) is 0.750. The third-order valence-electron chi connectivity index (χ3n) is 3.21. The van der Waals surface area contributed by atoms with Crippen molar-refractivity contribution in [2.75, 3.05) is 0 Å².